The Morgan fingerprint density at radius 1 is 1.04 bits per heavy atom. The van der Waals surface area contributed by atoms with Crippen LogP contribution in [0.3, 0.4) is 0 Å². The summed E-state index contributed by atoms with van der Waals surface area (Å²) in [5, 5.41) is 9.20. The lowest BCUT2D eigenvalue weighted by Gasteiger charge is -2.28. The SMILES string of the molecule is O=C(Cc1ccccc1)N[C@@H](NC(=S)Nc1cc(Cl)ccc1Cl)C(Cl)(Cl)Cl. The van der Waals surface area contributed by atoms with E-state index < -0.39 is 9.96 Å². The fourth-order valence-electron chi connectivity index (χ4n) is 2.08. The second-order valence-electron chi connectivity index (χ2n) is 5.43. The molecule has 2 rings (SSSR count). The smallest absolute Gasteiger partial charge is 0.228 e. The van der Waals surface area contributed by atoms with Crippen LogP contribution in [0.1, 0.15) is 5.56 Å². The average molecular weight is 486 g/mol. The number of thiocarbonyl (C=S) groups is 1. The van der Waals surface area contributed by atoms with Gasteiger partial charge in [0.1, 0.15) is 6.17 Å². The molecule has 0 aliphatic heterocycles. The molecule has 10 heteroatoms. The van der Waals surface area contributed by atoms with Gasteiger partial charge >= 0.3 is 0 Å². The Labute approximate surface area is 187 Å². The maximum absolute atomic E-state index is 12.3. The second-order valence-corrected chi connectivity index (χ2v) is 9.05. The molecule has 0 fully saturated rings. The highest BCUT2D eigenvalue weighted by molar-refractivity contribution is 7.80. The van der Waals surface area contributed by atoms with E-state index in [1.54, 1.807) is 18.2 Å². The molecule has 1 atom stereocenters. The van der Waals surface area contributed by atoms with Gasteiger partial charge in [0.15, 0.2) is 5.11 Å². The van der Waals surface area contributed by atoms with E-state index in [0.717, 1.165) is 5.56 Å². The van der Waals surface area contributed by atoms with Gasteiger partial charge in [-0.15, -0.1) is 0 Å². The summed E-state index contributed by atoms with van der Waals surface area (Å²) in [5.74, 6) is -0.339. The van der Waals surface area contributed by atoms with Crippen LogP contribution < -0.4 is 16.0 Å². The van der Waals surface area contributed by atoms with Gasteiger partial charge in [-0.1, -0.05) is 88.3 Å². The van der Waals surface area contributed by atoms with Crippen LogP contribution in [-0.4, -0.2) is 21.0 Å². The van der Waals surface area contributed by atoms with Gasteiger partial charge in [-0.25, -0.2) is 0 Å². The van der Waals surface area contributed by atoms with Crippen LogP contribution in [0.2, 0.25) is 10.0 Å². The Morgan fingerprint density at radius 3 is 2.33 bits per heavy atom. The maximum atomic E-state index is 12.3. The number of carbonyl (C=O) groups is 1. The van der Waals surface area contributed by atoms with Gasteiger partial charge in [0.05, 0.1) is 17.1 Å². The summed E-state index contributed by atoms with van der Waals surface area (Å²) in [4.78, 5) is 12.3. The number of nitrogens with one attached hydrogen (secondary N) is 3. The van der Waals surface area contributed by atoms with Crippen LogP contribution in [0, 0.1) is 0 Å². The molecule has 2 aromatic rings. The average Bonchev–Trinajstić information content (AvgIpc) is 2.57. The van der Waals surface area contributed by atoms with Crippen LogP contribution in [0.25, 0.3) is 0 Å². The molecule has 0 heterocycles. The molecule has 0 saturated carbocycles. The summed E-state index contributed by atoms with van der Waals surface area (Å²) in [6.45, 7) is 0. The number of hydrogen-bond acceptors (Lipinski definition) is 2. The fraction of sp³-hybridized carbons (Fsp3) is 0.176. The van der Waals surface area contributed by atoms with Crippen LogP contribution in [-0.2, 0) is 11.2 Å². The van der Waals surface area contributed by atoms with Crippen molar-refractivity contribution in [3.05, 3.63) is 64.1 Å². The van der Waals surface area contributed by atoms with Crippen LogP contribution >= 0.6 is 70.2 Å². The van der Waals surface area contributed by atoms with Crippen LogP contribution in [0.4, 0.5) is 5.69 Å². The molecule has 1 amide bonds. The normalized spacial score (nSPS) is 12.2. The summed E-state index contributed by atoms with van der Waals surface area (Å²) in [6, 6.07) is 14.0. The molecule has 0 aliphatic rings. The highest BCUT2D eigenvalue weighted by Gasteiger charge is 2.34. The Kier molecular flexibility index (Phi) is 8.28. The monoisotopic (exact) mass is 483 g/mol. The molecule has 0 bridgehead atoms. The topological polar surface area (TPSA) is 53.2 Å². The zero-order chi connectivity index (χ0) is 20.0. The number of anilines is 1. The summed E-state index contributed by atoms with van der Waals surface area (Å²) < 4.78 is -1.85. The molecule has 0 radical (unpaired) electrons. The minimum Gasteiger partial charge on any atom is -0.339 e. The van der Waals surface area contributed by atoms with Crippen molar-refractivity contribution in [3.63, 3.8) is 0 Å². The highest BCUT2D eigenvalue weighted by Crippen LogP contribution is 2.30. The Balaban J connectivity index is 2.02. The van der Waals surface area contributed by atoms with Crippen molar-refractivity contribution in [3.8, 4) is 0 Å². The van der Waals surface area contributed by atoms with Gasteiger partial charge in [-0.05, 0) is 36.0 Å². The zero-order valence-corrected chi connectivity index (χ0v) is 18.2. The third kappa shape index (κ3) is 7.53. The summed E-state index contributed by atoms with van der Waals surface area (Å²) in [5.41, 5.74) is 1.30. The Hall–Kier alpha value is -0.950. The number of rotatable bonds is 5. The Morgan fingerprint density at radius 2 is 1.70 bits per heavy atom. The molecule has 0 spiro atoms. The van der Waals surface area contributed by atoms with Crippen LogP contribution in [0.15, 0.2) is 48.5 Å². The van der Waals surface area contributed by atoms with Gasteiger partial charge in [-0.2, -0.15) is 0 Å². The van der Waals surface area contributed by atoms with E-state index in [1.165, 1.54) is 0 Å². The van der Waals surface area contributed by atoms with E-state index in [9.17, 15) is 4.79 Å². The van der Waals surface area contributed by atoms with Crippen molar-refractivity contribution >= 4 is 86.9 Å². The number of hydrogen-bond donors (Lipinski definition) is 3. The first-order chi connectivity index (χ1) is 12.6. The molecule has 2 aromatic carbocycles. The van der Waals surface area contributed by atoms with Crippen LogP contribution in [0.5, 0.6) is 0 Å². The van der Waals surface area contributed by atoms with Gasteiger partial charge in [0, 0.05) is 5.02 Å². The quantitative estimate of drug-likeness (QED) is 0.304. The molecule has 0 saturated heterocycles. The number of benzene rings is 2. The standard InChI is InChI=1S/C17H14Cl5N3OS/c18-11-6-7-12(19)13(9-11)23-16(27)25-15(17(20,21)22)24-14(26)8-10-4-2-1-3-5-10/h1-7,9,15H,8H2,(H,24,26)(H2,23,25,27)/t15-/m0/s1. The molecule has 4 nitrogen and oxygen atoms in total. The Bertz CT molecular complexity index is 814. The summed E-state index contributed by atoms with van der Waals surface area (Å²) >= 11 is 35.1. The third-order valence-electron chi connectivity index (χ3n) is 3.29. The number of amides is 1. The third-order valence-corrected chi connectivity index (χ3v) is 4.73. The molecule has 0 aliphatic carbocycles. The van der Waals surface area contributed by atoms with Gasteiger partial charge in [-0.3, -0.25) is 4.79 Å². The number of alkyl halides is 3. The molecule has 0 unspecified atom stereocenters. The van der Waals surface area contributed by atoms with Crippen molar-refractivity contribution < 1.29 is 4.79 Å². The first-order valence-corrected chi connectivity index (χ1v) is 9.87. The first-order valence-electron chi connectivity index (χ1n) is 7.58. The van der Waals surface area contributed by atoms with Crippen molar-refractivity contribution in [2.45, 2.75) is 16.4 Å². The number of halogens is 5. The second kappa shape index (κ2) is 10.0. The minimum atomic E-state index is -1.85. The lowest BCUT2D eigenvalue weighted by molar-refractivity contribution is -0.121. The predicted octanol–water partition coefficient (Wildman–Crippen LogP) is 5.34. The lowest BCUT2D eigenvalue weighted by Crippen LogP contribution is -2.56. The van der Waals surface area contributed by atoms with E-state index in [2.05, 4.69) is 16.0 Å². The maximum Gasteiger partial charge on any atom is 0.228 e. The van der Waals surface area contributed by atoms with E-state index in [1.807, 2.05) is 30.3 Å². The minimum absolute atomic E-state index is 0.0931. The van der Waals surface area contributed by atoms with E-state index in [0.29, 0.717) is 15.7 Å². The van der Waals surface area contributed by atoms with Gasteiger partial charge in [0.2, 0.25) is 9.70 Å². The van der Waals surface area contributed by atoms with E-state index in [-0.39, 0.29) is 17.4 Å². The zero-order valence-electron chi connectivity index (χ0n) is 13.6. The molecule has 144 valence electrons. The van der Waals surface area contributed by atoms with Crippen molar-refractivity contribution in [2.75, 3.05) is 5.32 Å². The van der Waals surface area contributed by atoms with E-state index >= 15 is 0 Å². The van der Waals surface area contributed by atoms with E-state index in [4.69, 9.17) is 70.2 Å². The largest absolute Gasteiger partial charge is 0.339 e. The van der Waals surface area contributed by atoms with Gasteiger partial charge < -0.3 is 16.0 Å². The lowest BCUT2D eigenvalue weighted by atomic mass is 10.1. The molecule has 27 heavy (non-hydrogen) atoms. The highest BCUT2D eigenvalue weighted by atomic mass is 35.6. The molecular weight excluding hydrogens is 472 g/mol. The predicted molar refractivity (Wildman–Crippen MR) is 118 cm³/mol. The van der Waals surface area contributed by atoms with Crippen molar-refractivity contribution in [2.24, 2.45) is 0 Å². The van der Waals surface area contributed by atoms with Crippen molar-refractivity contribution in [1.29, 1.82) is 0 Å². The molecular formula is C17H14Cl5N3OS. The summed E-state index contributed by atoms with van der Waals surface area (Å²) in [6.07, 6.45) is -0.947. The van der Waals surface area contributed by atoms with Crippen molar-refractivity contribution in [1.82, 2.24) is 10.6 Å². The first kappa shape index (κ1) is 22.3. The fourth-order valence-corrected chi connectivity index (χ4v) is 2.97. The summed E-state index contributed by atoms with van der Waals surface area (Å²) in [7, 11) is 0. The molecule has 0 aromatic heterocycles. The number of carbonyl (C=O) groups excluding carboxylic acids is 1. The molecule has 3 N–H and O–H groups in total. The van der Waals surface area contributed by atoms with Gasteiger partial charge in [0.25, 0.3) is 0 Å².